The second kappa shape index (κ2) is 10.7. The Labute approximate surface area is 210 Å². The third kappa shape index (κ3) is 5.16. The molecule has 3 amide bonds. The smallest absolute Gasteiger partial charge is 0.413 e. The van der Waals surface area contributed by atoms with Crippen LogP contribution in [0.3, 0.4) is 0 Å². The molecule has 0 bridgehead atoms. The normalized spacial score (nSPS) is 16.4. The summed E-state index contributed by atoms with van der Waals surface area (Å²) in [5, 5.41) is 10.4. The van der Waals surface area contributed by atoms with Gasteiger partial charge >= 0.3 is 6.09 Å². The molecule has 2 heterocycles. The molecule has 9 nitrogen and oxygen atoms in total. The highest BCUT2D eigenvalue weighted by Crippen LogP contribution is 2.32. The predicted molar refractivity (Wildman–Crippen MR) is 139 cm³/mol. The van der Waals surface area contributed by atoms with Crippen LogP contribution in [0.4, 0.5) is 16.3 Å². The SMILES string of the molecule is CN[C@@H](C)C(=O)N[C@H](C(=O)N1c2ncccc2C[C@@H]1OC(=O)Nc1cccc2ccccc12)C(C)C. The van der Waals surface area contributed by atoms with Crippen LogP contribution in [0.2, 0.25) is 0 Å². The maximum atomic E-state index is 13.8. The quantitative estimate of drug-likeness (QED) is 0.469. The highest BCUT2D eigenvalue weighted by Gasteiger charge is 2.41. The summed E-state index contributed by atoms with van der Waals surface area (Å²) < 4.78 is 5.77. The average molecular weight is 490 g/mol. The average Bonchev–Trinajstić information content (AvgIpc) is 3.23. The third-order valence-corrected chi connectivity index (χ3v) is 6.34. The van der Waals surface area contributed by atoms with Gasteiger partial charge in [-0.05, 0) is 37.4 Å². The van der Waals surface area contributed by atoms with Gasteiger partial charge in [-0.1, -0.05) is 56.3 Å². The molecule has 0 radical (unpaired) electrons. The minimum absolute atomic E-state index is 0.205. The topological polar surface area (TPSA) is 113 Å². The number of aromatic nitrogens is 1. The Bertz CT molecular complexity index is 1270. The summed E-state index contributed by atoms with van der Waals surface area (Å²) in [5.41, 5.74) is 1.39. The number of hydrogen-bond donors (Lipinski definition) is 3. The molecule has 1 aliphatic rings. The van der Waals surface area contributed by atoms with E-state index in [4.69, 9.17) is 4.74 Å². The minimum Gasteiger partial charge on any atom is -0.424 e. The van der Waals surface area contributed by atoms with Gasteiger partial charge in [0.15, 0.2) is 6.23 Å². The van der Waals surface area contributed by atoms with Gasteiger partial charge in [-0.15, -0.1) is 0 Å². The van der Waals surface area contributed by atoms with Crippen LogP contribution in [-0.2, 0) is 20.7 Å². The lowest BCUT2D eigenvalue weighted by atomic mass is 10.0. The molecular weight excluding hydrogens is 458 g/mol. The molecule has 3 aromatic rings. The molecule has 2 aromatic carbocycles. The van der Waals surface area contributed by atoms with Crippen molar-refractivity contribution in [1.29, 1.82) is 0 Å². The fraction of sp³-hybridized carbons (Fsp3) is 0.333. The van der Waals surface area contributed by atoms with Crippen molar-refractivity contribution in [1.82, 2.24) is 15.6 Å². The van der Waals surface area contributed by atoms with E-state index in [9.17, 15) is 14.4 Å². The van der Waals surface area contributed by atoms with Crippen molar-refractivity contribution in [3.05, 3.63) is 66.4 Å². The molecule has 0 saturated carbocycles. The van der Waals surface area contributed by atoms with Crippen LogP contribution in [0.1, 0.15) is 26.3 Å². The van der Waals surface area contributed by atoms with Crippen molar-refractivity contribution in [3.63, 3.8) is 0 Å². The van der Waals surface area contributed by atoms with Crippen LogP contribution in [-0.4, -0.2) is 48.3 Å². The minimum atomic E-state index is -0.905. The Morgan fingerprint density at radius 2 is 1.78 bits per heavy atom. The molecule has 9 heteroatoms. The molecule has 188 valence electrons. The van der Waals surface area contributed by atoms with Crippen molar-refractivity contribution in [2.75, 3.05) is 17.3 Å². The first-order valence-electron chi connectivity index (χ1n) is 12.0. The number of fused-ring (bicyclic) bond motifs is 2. The van der Waals surface area contributed by atoms with Crippen molar-refractivity contribution in [2.24, 2.45) is 5.92 Å². The predicted octanol–water partition coefficient (Wildman–Crippen LogP) is 3.45. The first-order chi connectivity index (χ1) is 17.3. The zero-order valence-corrected chi connectivity index (χ0v) is 20.8. The lowest BCUT2D eigenvalue weighted by Gasteiger charge is -2.31. The van der Waals surface area contributed by atoms with Gasteiger partial charge in [0.05, 0.1) is 11.7 Å². The van der Waals surface area contributed by atoms with Crippen molar-refractivity contribution < 1.29 is 19.1 Å². The Kier molecular flexibility index (Phi) is 7.49. The van der Waals surface area contributed by atoms with Crippen molar-refractivity contribution >= 4 is 40.2 Å². The van der Waals surface area contributed by atoms with Crippen LogP contribution in [0.25, 0.3) is 10.8 Å². The highest BCUT2D eigenvalue weighted by atomic mass is 16.6. The van der Waals surface area contributed by atoms with E-state index >= 15 is 0 Å². The van der Waals surface area contributed by atoms with Crippen LogP contribution in [0.15, 0.2) is 60.8 Å². The molecule has 1 aromatic heterocycles. The molecule has 36 heavy (non-hydrogen) atoms. The number of carbonyl (C=O) groups is 3. The number of nitrogens with one attached hydrogen (secondary N) is 3. The molecule has 3 N–H and O–H groups in total. The second-order valence-electron chi connectivity index (χ2n) is 9.15. The summed E-state index contributed by atoms with van der Waals surface area (Å²) in [6.45, 7) is 5.42. The van der Waals surface area contributed by atoms with Gasteiger partial charge in [0.2, 0.25) is 5.91 Å². The molecular formula is C27H31N5O4. The number of anilines is 2. The molecule has 0 unspecified atom stereocenters. The lowest BCUT2D eigenvalue weighted by molar-refractivity contribution is -0.130. The monoisotopic (exact) mass is 489 g/mol. The van der Waals surface area contributed by atoms with E-state index in [1.54, 1.807) is 32.3 Å². The first-order valence-corrected chi connectivity index (χ1v) is 12.0. The van der Waals surface area contributed by atoms with E-state index in [1.165, 1.54) is 4.90 Å². The first kappa shape index (κ1) is 25.1. The van der Waals surface area contributed by atoms with Crippen molar-refractivity contribution in [3.8, 4) is 0 Å². The molecule has 1 aliphatic heterocycles. The largest absolute Gasteiger partial charge is 0.424 e. The molecule has 0 fully saturated rings. The van der Waals surface area contributed by atoms with Gasteiger partial charge in [0.1, 0.15) is 11.9 Å². The van der Waals surface area contributed by atoms with E-state index in [0.29, 0.717) is 17.9 Å². The van der Waals surface area contributed by atoms with E-state index in [-0.39, 0.29) is 17.7 Å². The van der Waals surface area contributed by atoms with Crippen molar-refractivity contribution in [2.45, 2.75) is 45.5 Å². The highest BCUT2D eigenvalue weighted by molar-refractivity contribution is 6.02. The van der Waals surface area contributed by atoms with Crippen LogP contribution >= 0.6 is 0 Å². The van der Waals surface area contributed by atoms with Gasteiger partial charge in [-0.3, -0.25) is 19.8 Å². The Morgan fingerprint density at radius 3 is 2.53 bits per heavy atom. The lowest BCUT2D eigenvalue weighted by Crippen LogP contribution is -2.56. The van der Waals surface area contributed by atoms with Gasteiger partial charge < -0.3 is 15.4 Å². The summed E-state index contributed by atoms with van der Waals surface area (Å²) in [4.78, 5) is 45.1. The number of pyridine rings is 1. The number of hydrogen-bond acceptors (Lipinski definition) is 6. The third-order valence-electron chi connectivity index (χ3n) is 6.34. The number of likely N-dealkylation sites (N-methyl/N-ethyl adjacent to an activating group) is 1. The van der Waals surface area contributed by atoms with Crippen LogP contribution < -0.4 is 20.9 Å². The Balaban J connectivity index is 1.57. The number of nitrogens with zero attached hydrogens (tertiary/aromatic N) is 2. The zero-order chi connectivity index (χ0) is 25.8. The van der Waals surface area contributed by atoms with E-state index in [2.05, 4.69) is 20.9 Å². The summed E-state index contributed by atoms with van der Waals surface area (Å²) in [6.07, 6.45) is 0.293. The summed E-state index contributed by atoms with van der Waals surface area (Å²) >= 11 is 0. The molecule has 0 aliphatic carbocycles. The van der Waals surface area contributed by atoms with E-state index in [0.717, 1.165) is 16.3 Å². The van der Waals surface area contributed by atoms with Crippen LogP contribution in [0, 0.1) is 5.92 Å². The summed E-state index contributed by atoms with van der Waals surface area (Å²) in [6, 6.07) is 15.6. The van der Waals surface area contributed by atoms with E-state index in [1.807, 2.05) is 56.3 Å². The Morgan fingerprint density at radius 1 is 1.03 bits per heavy atom. The fourth-order valence-corrected chi connectivity index (χ4v) is 4.23. The number of rotatable bonds is 7. The molecule has 0 spiro atoms. The van der Waals surface area contributed by atoms with Gasteiger partial charge in [-0.2, -0.15) is 0 Å². The zero-order valence-electron chi connectivity index (χ0n) is 20.8. The molecule has 0 saturated heterocycles. The number of ether oxygens (including phenoxy) is 1. The van der Waals surface area contributed by atoms with Gasteiger partial charge in [0, 0.05) is 23.6 Å². The maximum Gasteiger partial charge on any atom is 0.413 e. The van der Waals surface area contributed by atoms with Crippen LogP contribution in [0.5, 0.6) is 0 Å². The van der Waals surface area contributed by atoms with Gasteiger partial charge in [-0.25, -0.2) is 9.78 Å². The number of carbonyl (C=O) groups excluding carboxylic acids is 3. The number of amides is 3. The fourth-order valence-electron chi connectivity index (χ4n) is 4.23. The summed E-state index contributed by atoms with van der Waals surface area (Å²) in [5.74, 6) is -0.464. The summed E-state index contributed by atoms with van der Waals surface area (Å²) in [7, 11) is 1.68. The standard InChI is InChI=1S/C27H31N5O4/c1-16(2)23(31-25(33)17(3)28-4)26(34)32-22(15-19-11-8-14-29-24(19)32)36-27(35)30-21-13-7-10-18-9-5-6-12-20(18)21/h5-14,16-17,22-23,28H,15H2,1-4H3,(H,30,35)(H,31,33)/t17-,22-,23-/m0/s1. The number of benzene rings is 2. The molecule has 3 atom stereocenters. The molecule has 4 rings (SSSR count). The Hall–Kier alpha value is -3.98. The second-order valence-corrected chi connectivity index (χ2v) is 9.15. The van der Waals surface area contributed by atoms with E-state index < -0.39 is 24.4 Å². The maximum absolute atomic E-state index is 13.8. The van der Waals surface area contributed by atoms with Gasteiger partial charge in [0.25, 0.3) is 5.91 Å².